The van der Waals surface area contributed by atoms with Crippen molar-refractivity contribution in [2.75, 3.05) is 19.6 Å². The van der Waals surface area contributed by atoms with Crippen molar-refractivity contribution in [1.29, 1.82) is 0 Å². The van der Waals surface area contributed by atoms with Gasteiger partial charge in [-0.2, -0.15) is 14.0 Å². The molecule has 0 bridgehead atoms. The molecule has 1 saturated carbocycles. The fourth-order valence-corrected chi connectivity index (χ4v) is 3.99. The van der Waals surface area contributed by atoms with Crippen LogP contribution < -0.4 is 24.6 Å². The van der Waals surface area contributed by atoms with Crippen molar-refractivity contribution >= 4 is 5.91 Å². The van der Waals surface area contributed by atoms with Crippen molar-refractivity contribution in [3.63, 3.8) is 0 Å². The van der Waals surface area contributed by atoms with Gasteiger partial charge in [0.15, 0.2) is 5.60 Å². The molecule has 2 aromatic carbocycles. The molecule has 162 valence electrons. The number of rotatable bonds is 5. The molecule has 4 atom stereocenters. The van der Waals surface area contributed by atoms with E-state index in [-0.39, 0.29) is 0 Å². The van der Waals surface area contributed by atoms with E-state index in [0.29, 0.717) is 35.4 Å². The summed E-state index contributed by atoms with van der Waals surface area (Å²) in [5.41, 5.74) is -1.01. The Bertz CT molecular complexity index is 848. The van der Waals surface area contributed by atoms with E-state index >= 15 is 0 Å². The topological polar surface area (TPSA) is 151 Å². The summed E-state index contributed by atoms with van der Waals surface area (Å²) in [4.78, 5) is 12.9. The lowest BCUT2D eigenvalue weighted by atomic mass is 9.85. The molecule has 4 rings (SSSR count). The Kier molecular flexibility index (Phi) is 6.73. The number of amides is 1. The highest BCUT2D eigenvalue weighted by Gasteiger charge is 2.53. The van der Waals surface area contributed by atoms with Gasteiger partial charge in [-0.3, -0.25) is 4.79 Å². The number of nitrogens with one attached hydrogen (secondary N) is 2. The fraction of sp³-hybridized carbons (Fsp3) is 0.350. The predicted molar refractivity (Wildman–Crippen MR) is 94.4 cm³/mol. The first-order chi connectivity index (χ1) is 14.1. The molecular weight excluding hydrogens is 419 g/mol. The summed E-state index contributed by atoms with van der Waals surface area (Å²) in [6.07, 6.45) is 0. The van der Waals surface area contributed by atoms with Crippen molar-refractivity contribution in [3.05, 3.63) is 71.5 Å². The van der Waals surface area contributed by atoms with Crippen LogP contribution >= 0.6 is 0 Å². The molecule has 1 saturated heterocycles. The van der Waals surface area contributed by atoms with Crippen molar-refractivity contribution < 1.29 is 43.2 Å². The second-order valence-electron chi connectivity index (χ2n) is 7.34. The molecule has 1 heterocycles. The smallest absolute Gasteiger partial charge is 0.261 e. The van der Waals surface area contributed by atoms with Crippen LogP contribution in [0.25, 0.3) is 0 Å². The molecule has 2 unspecified atom stereocenters. The maximum Gasteiger partial charge on any atom is 0.261 e. The average Bonchev–Trinajstić information content (AvgIpc) is 3.12. The molecule has 2 aliphatic rings. The Morgan fingerprint density at radius 3 is 2.10 bits per heavy atom. The molecule has 2 fully saturated rings. The van der Waals surface area contributed by atoms with E-state index < -0.39 is 27.6 Å². The van der Waals surface area contributed by atoms with E-state index in [9.17, 15) is 14.3 Å². The molecule has 2 aromatic rings. The highest BCUT2D eigenvalue weighted by molar-refractivity contribution is 5.90. The van der Waals surface area contributed by atoms with E-state index in [0.717, 1.165) is 13.1 Å². The zero-order valence-electron chi connectivity index (χ0n) is 15.8. The number of benzene rings is 2. The Hall–Kier alpha value is -2.11. The number of halogens is 2. The van der Waals surface area contributed by atoms with E-state index in [1.165, 1.54) is 24.3 Å². The minimum atomic E-state index is -4.69. The monoisotopic (exact) mass is 440 g/mol. The Balaban J connectivity index is 0.000000461. The van der Waals surface area contributed by atoms with Crippen LogP contribution in [-0.2, 0) is 10.4 Å². The van der Waals surface area contributed by atoms with Crippen LogP contribution in [0, 0.1) is 33.8 Å². The van der Waals surface area contributed by atoms with Crippen LogP contribution in [0.15, 0.2) is 54.6 Å². The second-order valence-corrected chi connectivity index (χ2v) is 8.13. The number of hydrogen-bond donors (Lipinski definition) is 4. The Morgan fingerprint density at radius 2 is 1.57 bits per heavy atom. The number of piperidine rings is 1. The lowest BCUT2D eigenvalue weighted by molar-refractivity contribution is -1.92. The predicted octanol–water partition coefficient (Wildman–Crippen LogP) is -2.48. The Labute approximate surface area is 174 Å². The third-order valence-electron chi connectivity index (χ3n) is 5.55. The van der Waals surface area contributed by atoms with Crippen LogP contribution in [0.4, 0.5) is 4.39 Å². The van der Waals surface area contributed by atoms with E-state index in [1.807, 2.05) is 6.07 Å². The van der Waals surface area contributed by atoms with Crippen LogP contribution in [-0.4, -0.2) is 35.3 Å². The van der Waals surface area contributed by atoms with Gasteiger partial charge in [0.2, 0.25) is 0 Å². The van der Waals surface area contributed by atoms with Gasteiger partial charge in [-0.1, -0.05) is 42.5 Å². The van der Waals surface area contributed by atoms with Gasteiger partial charge in [-0.15, -0.1) is 0 Å². The summed E-state index contributed by atoms with van der Waals surface area (Å²) in [5.74, 6) is 0.881. The number of carbonyl (C=O) groups excluding carboxylic acids is 1. The molecule has 1 aliphatic carbocycles. The summed E-state index contributed by atoms with van der Waals surface area (Å²) < 4.78 is 46.0. The van der Waals surface area contributed by atoms with Crippen LogP contribution in [0.5, 0.6) is 0 Å². The SMILES string of the molecule is O=C(NCC1[C@H]2CNC[C@@H]12)C(O)(c1ccccc1)c1ccc(F)cc1.[O-][Cl+3]([O-])([O-])O. The molecule has 0 aromatic heterocycles. The van der Waals surface area contributed by atoms with Crippen LogP contribution in [0.2, 0.25) is 0 Å². The summed E-state index contributed by atoms with van der Waals surface area (Å²) in [5, 5.41) is 17.5. The molecule has 8 nitrogen and oxygen atoms in total. The molecule has 0 radical (unpaired) electrons. The van der Waals surface area contributed by atoms with Gasteiger partial charge in [0.25, 0.3) is 5.91 Å². The highest BCUT2D eigenvalue weighted by atomic mass is 35.7. The van der Waals surface area contributed by atoms with Gasteiger partial charge in [-0.05, 0) is 54.1 Å². The van der Waals surface area contributed by atoms with Crippen molar-refractivity contribution in [3.8, 4) is 0 Å². The number of fused-ring (bicyclic) bond motifs is 1. The fourth-order valence-electron chi connectivity index (χ4n) is 3.99. The standard InChI is InChI=1S/C20H21FN2O2.ClHO4/c21-15-8-6-14(7-9-15)20(25,13-4-2-1-3-5-13)19(24)23-12-18-16-10-22-11-17(16)18;2-1(3,4)5/h1-9,16-18,22,25H,10-12H2,(H,23,24);(H,2,3,4,5)/t16-,17+,18?,20?;. The summed E-state index contributed by atoms with van der Waals surface area (Å²) in [6.45, 7) is 2.57. The van der Waals surface area contributed by atoms with E-state index in [1.54, 1.807) is 24.3 Å². The third-order valence-corrected chi connectivity index (χ3v) is 5.55. The second kappa shape index (κ2) is 8.94. The van der Waals surface area contributed by atoms with Gasteiger partial charge in [0, 0.05) is 6.54 Å². The molecule has 30 heavy (non-hydrogen) atoms. The van der Waals surface area contributed by atoms with Gasteiger partial charge in [0.05, 0.1) is 14.9 Å². The summed E-state index contributed by atoms with van der Waals surface area (Å²) in [6, 6.07) is 14.2. The molecule has 4 N–H and O–H groups in total. The molecule has 1 aliphatic heterocycles. The van der Waals surface area contributed by atoms with Gasteiger partial charge < -0.3 is 15.7 Å². The summed E-state index contributed by atoms with van der Waals surface area (Å²) in [7, 11) is -4.69. The van der Waals surface area contributed by atoms with Crippen LogP contribution in [0.1, 0.15) is 11.1 Å². The third kappa shape index (κ3) is 5.32. The largest absolute Gasteiger partial charge is 0.372 e. The lowest BCUT2D eigenvalue weighted by Crippen LogP contribution is -2.58. The first-order valence-electron chi connectivity index (χ1n) is 9.27. The zero-order chi connectivity index (χ0) is 21.9. The Morgan fingerprint density at radius 1 is 1.07 bits per heavy atom. The molecule has 10 heteroatoms. The number of aliphatic hydroxyl groups is 1. The summed E-state index contributed by atoms with van der Waals surface area (Å²) >= 11 is 0. The maximum absolute atomic E-state index is 13.3. The normalized spacial score (nSPS) is 24.1. The molecule has 0 spiro atoms. The molecular formula is C20H22ClFN2O6. The van der Waals surface area contributed by atoms with Crippen molar-refractivity contribution in [2.24, 2.45) is 17.8 Å². The maximum atomic E-state index is 13.3. The highest BCUT2D eigenvalue weighted by Crippen LogP contribution is 2.48. The first kappa shape index (κ1) is 22.6. The quantitative estimate of drug-likeness (QED) is 0.402. The number of hydrogen-bond acceptors (Lipinski definition) is 7. The minimum Gasteiger partial charge on any atom is -0.372 e. The van der Waals surface area contributed by atoms with Gasteiger partial charge >= 0.3 is 0 Å². The van der Waals surface area contributed by atoms with E-state index in [4.69, 9.17) is 18.6 Å². The van der Waals surface area contributed by atoms with Crippen molar-refractivity contribution in [1.82, 2.24) is 10.6 Å². The molecule has 1 amide bonds. The lowest BCUT2D eigenvalue weighted by Gasteiger charge is -2.28. The average molecular weight is 441 g/mol. The van der Waals surface area contributed by atoms with Gasteiger partial charge in [0.1, 0.15) is 5.82 Å². The number of carbonyl (C=O) groups is 1. The minimum absolute atomic E-state index is 0.357. The zero-order valence-corrected chi connectivity index (χ0v) is 16.6. The van der Waals surface area contributed by atoms with Crippen molar-refractivity contribution in [2.45, 2.75) is 5.60 Å². The first-order valence-corrected chi connectivity index (χ1v) is 10.5. The van der Waals surface area contributed by atoms with E-state index in [2.05, 4.69) is 10.6 Å². The van der Waals surface area contributed by atoms with Gasteiger partial charge in [-0.25, -0.2) is 4.39 Å². The van der Waals surface area contributed by atoms with Crippen LogP contribution in [0.3, 0.4) is 0 Å².